The molecule has 0 saturated heterocycles. The highest BCUT2D eigenvalue weighted by Crippen LogP contribution is 2.75. The first-order valence-corrected chi connectivity index (χ1v) is 22.8. The summed E-state index contributed by atoms with van der Waals surface area (Å²) in [6.07, 6.45) is 8.57. The Morgan fingerprint density at radius 1 is 0.737 bits per heavy atom. The van der Waals surface area contributed by atoms with E-state index in [-0.39, 0.29) is 56.1 Å². The van der Waals surface area contributed by atoms with Gasteiger partial charge in [-0.3, -0.25) is 13.8 Å². The third-order valence-electron chi connectivity index (χ3n) is 17.0. The normalized spacial score (nSPS) is 37.2. The van der Waals surface area contributed by atoms with Crippen LogP contribution in [0.3, 0.4) is 0 Å². The van der Waals surface area contributed by atoms with Gasteiger partial charge >= 0.3 is 5.97 Å². The monoisotopic (exact) mass is 790 g/mol. The van der Waals surface area contributed by atoms with Crippen molar-refractivity contribution in [2.24, 2.45) is 50.2 Å². The Hall–Kier alpha value is -3.55. The summed E-state index contributed by atoms with van der Waals surface area (Å²) in [7, 11) is -3.95. The first-order valence-electron chi connectivity index (χ1n) is 21.3. The van der Waals surface area contributed by atoms with Gasteiger partial charge in [0, 0.05) is 5.92 Å². The Kier molecular flexibility index (Phi) is 9.71. The van der Waals surface area contributed by atoms with Crippen LogP contribution in [0.4, 0.5) is 0 Å². The second kappa shape index (κ2) is 13.8. The fraction of sp³-hybridized carbons (Fsp3) is 0.560. The maximum Gasteiger partial charge on any atom is 0.312 e. The largest absolute Gasteiger partial charge is 0.452 e. The van der Waals surface area contributed by atoms with E-state index in [9.17, 15) is 13.2 Å². The number of ketones is 1. The maximum atomic E-state index is 15.1. The van der Waals surface area contributed by atoms with E-state index < -0.39 is 33.2 Å². The highest BCUT2D eigenvalue weighted by Gasteiger charge is 2.70. The summed E-state index contributed by atoms with van der Waals surface area (Å²) >= 11 is 0. The third-order valence-corrected chi connectivity index (χ3v) is 18.3. The van der Waals surface area contributed by atoms with Crippen LogP contribution in [0.25, 0.3) is 0 Å². The minimum Gasteiger partial charge on any atom is -0.452 e. The van der Waals surface area contributed by atoms with Gasteiger partial charge < -0.3 is 4.74 Å². The van der Waals surface area contributed by atoms with Crippen LogP contribution in [0.15, 0.2) is 101 Å². The molecule has 0 aliphatic heterocycles. The summed E-state index contributed by atoms with van der Waals surface area (Å²) in [6.45, 7) is 17.9. The lowest BCUT2D eigenvalue weighted by Crippen LogP contribution is -2.66. The average Bonchev–Trinajstić information content (AvgIpc) is 3.17. The summed E-state index contributed by atoms with van der Waals surface area (Å²) in [4.78, 5) is 29.8. The first-order chi connectivity index (χ1) is 26.8. The standard InChI is InChI=1S/C50H62O6S/c1-33-19-21-36(22-20-33)57(53,54)56-41-24-25-48(6)40(45(41,2)3)23-26-50(8)43(48)39(51)31-37-38-32-47(5,28-27-46(38,4)29-30-49(37,50)7)44(52)55-42(34-15-11-9-12-16-34)35-17-13-10-14-18-35/h9-22,31,38,40-43H,23-30,32H2,1-8H3/t38-,40-,41-,43+,46+,47-,48-,49+,50+/m0/s1. The van der Waals surface area contributed by atoms with Gasteiger partial charge in [-0.2, -0.15) is 8.42 Å². The molecule has 0 radical (unpaired) electrons. The number of benzene rings is 3. The highest BCUT2D eigenvalue weighted by atomic mass is 32.2. The van der Waals surface area contributed by atoms with Crippen LogP contribution in [0.5, 0.6) is 0 Å². The number of allylic oxidation sites excluding steroid dienone is 2. The summed E-state index contributed by atoms with van der Waals surface area (Å²) in [5.41, 5.74) is 2.17. The van der Waals surface area contributed by atoms with Crippen LogP contribution in [0.1, 0.15) is 129 Å². The van der Waals surface area contributed by atoms with E-state index in [4.69, 9.17) is 8.92 Å². The van der Waals surface area contributed by atoms with E-state index in [0.29, 0.717) is 12.8 Å². The molecule has 3 aromatic carbocycles. The lowest BCUT2D eigenvalue weighted by molar-refractivity contribution is -0.199. The van der Waals surface area contributed by atoms with Crippen LogP contribution < -0.4 is 0 Å². The molecule has 0 bridgehead atoms. The van der Waals surface area contributed by atoms with Gasteiger partial charge in [0.2, 0.25) is 0 Å². The molecule has 4 fully saturated rings. The molecule has 5 aliphatic carbocycles. The zero-order valence-corrected chi connectivity index (χ0v) is 36.1. The molecule has 3 aromatic rings. The number of fused-ring (bicyclic) bond motifs is 7. The fourth-order valence-electron chi connectivity index (χ4n) is 13.3. The zero-order chi connectivity index (χ0) is 40.8. The fourth-order valence-corrected chi connectivity index (χ4v) is 14.5. The molecule has 0 spiro atoms. The number of hydrogen-bond acceptors (Lipinski definition) is 6. The van der Waals surface area contributed by atoms with Crippen molar-refractivity contribution in [2.45, 2.75) is 130 Å². The van der Waals surface area contributed by atoms with Gasteiger partial charge in [-0.05, 0) is 140 Å². The molecule has 9 atom stereocenters. The van der Waals surface area contributed by atoms with Crippen molar-refractivity contribution >= 4 is 21.9 Å². The topological polar surface area (TPSA) is 86.7 Å². The Morgan fingerprint density at radius 2 is 1.33 bits per heavy atom. The van der Waals surface area contributed by atoms with Crippen molar-refractivity contribution in [1.82, 2.24) is 0 Å². The van der Waals surface area contributed by atoms with Crippen molar-refractivity contribution in [3.05, 3.63) is 113 Å². The lowest BCUT2D eigenvalue weighted by atomic mass is 9.33. The quantitative estimate of drug-likeness (QED) is 0.175. The highest BCUT2D eigenvalue weighted by molar-refractivity contribution is 7.86. The molecule has 0 unspecified atom stereocenters. The Bertz CT molecular complexity index is 2140. The molecule has 0 aromatic heterocycles. The van der Waals surface area contributed by atoms with Crippen molar-refractivity contribution < 1.29 is 26.9 Å². The van der Waals surface area contributed by atoms with Gasteiger partial charge in [-0.15, -0.1) is 0 Å². The number of hydrogen-bond donors (Lipinski definition) is 0. The van der Waals surface area contributed by atoms with E-state index in [2.05, 4.69) is 48.5 Å². The average molecular weight is 791 g/mol. The van der Waals surface area contributed by atoms with Crippen LogP contribution >= 0.6 is 0 Å². The van der Waals surface area contributed by atoms with Crippen molar-refractivity contribution in [1.29, 1.82) is 0 Å². The van der Waals surface area contributed by atoms with Gasteiger partial charge in [0.05, 0.1) is 16.4 Å². The number of ether oxygens (including phenoxy) is 1. The number of aryl methyl sites for hydroxylation is 1. The number of carbonyl (C=O) groups excluding carboxylic acids is 2. The number of esters is 1. The second-order valence-corrected chi connectivity index (χ2v) is 22.1. The SMILES string of the molecule is Cc1ccc(S(=O)(=O)O[C@H]2CC[C@]3(C)[C@H]4C(=O)C=C5[C@@H]6C[C@@](C)(C(=O)OC(c7ccccc7)c7ccccc7)CC[C@]6(C)CC[C@@]5(C)[C@]4(C)CC[C@H]3C2(C)C)cc1. The van der Waals surface area contributed by atoms with E-state index in [0.717, 1.165) is 61.6 Å². The van der Waals surface area contributed by atoms with Gasteiger partial charge in [-0.25, -0.2) is 0 Å². The predicted octanol–water partition coefficient (Wildman–Crippen LogP) is 11.4. The first kappa shape index (κ1) is 40.2. The molecule has 8 rings (SSSR count). The van der Waals surface area contributed by atoms with Crippen LogP contribution in [-0.2, 0) is 28.6 Å². The molecule has 0 amide bonds. The minimum atomic E-state index is -3.95. The summed E-state index contributed by atoms with van der Waals surface area (Å²) < 4.78 is 39.8. The van der Waals surface area contributed by atoms with Gasteiger partial charge in [-0.1, -0.05) is 125 Å². The second-order valence-electron chi connectivity index (χ2n) is 20.6. The van der Waals surface area contributed by atoms with Crippen LogP contribution in [0, 0.1) is 57.2 Å². The third kappa shape index (κ3) is 6.31. The van der Waals surface area contributed by atoms with E-state index >= 15 is 4.79 Å². The molecular weight excluding hydrogens is 729 g/mol. The van der Waals surface area contributed by atoms with Crippen molar-refractivity contribution in [2.75, 3.05) is 0 Å². The van der Waals surface area contributed by atoms with Crippen LogP contribution in [0.2, 0.25) is 0 Å². The lowest BCUT2D eigenvalue weighted by Gasteiger charge is -2.70. The van der Waals surface area contributed by atoms with E-state index in [1.807, 2.05) is 73.7 Å². The predicted molar refractivity (Wildman–Crippen MR) is 223 cm³/mol. The van der Waals surface area contributed by atoms with Crippen molar-refractivity contribution in [3.8, 4) is 0 Å². The molecular formula is C50H62O6S. The van der Waals surface area contributed by atoms with E-state index in [1.165, 1.54) is 5.57 Å². The van der Waals surface area contributed by atoms with Gasteiger partial charge in [0.1, 0.15) is 0 Å². The molecule has 0 N–H and O–H groups in total. The summed E-state index contributed by atoms with van der Waals surface area (Å²) in [5.74, 6) is 0.0655. The number of rotatable bonds is 7. The van der Waals surface area contributed by atoms with E-state index in [1.54, 1.807) is 24.3 Å². The number of carbonyl (C=O) groups is 2. The molecule has 57 heavy (non-hydrogen) atoms. The zero-order valence-electron chi connectivity index (χ0n) is 35.3. The Balaban J connectivity index is 1.08. The summed E-state index contributed by atoms with van der Waals surface area (Å²) in [5, 5.41) is 0. The molecule has 0 heterocycles. The minimum absolute atomic E-state index is 0.00565. The Morgan fingerprint density at radius 3 is 1.95 bits per heavy atom. The van der Waals surface area contributed by atoms with Gasteiger partial charge in [0.25, 0.3) is 10.1 Å². The molecule has 5 aliphatic rings. The maximum absolute atomic E-state index is 15.1. The molecule has 7 heteroatoms. The van der Waals surface area contributed by atoms with Crippen LogP contribution in [-0.4, -0.2) is 26.3 Å². The Labute approximate surface area is 341 Å². The molecule has 6 nitrogen and oxygen atoms in total. The molecule has 4 saturated carbocycles. The summed E-state index contributed by atoms with van der Waals surface area (Å²) in [6, 6.07) is 26.9. The van der Waals surface area contributed by atoms with Crippen molar-refractivity contribution in [3.63, 3.8) is 0 Å². The molecule has 304 valence electrons. The smallest absolute Gasteiger partial charge is 0.312 e. The van der Waals surface area contributed by atoms with Gasteiger partial charge in [0.15, 0.2) is 11.9 Å².